The molecule has 1 aliphatic heterocycles. The summed E-state index contributed by atoms with van der Waals surface area (Å²) in [5.74, 6) is -3.88. The van der Waals surface area contributed by atoms with Gasteiger partial charge in [0.15, 0.2) is 0 Å². The molecule has 110 valence electrons. The normalized spacial score (nSPS) is 22.2. The zero-order valence-corrected chi connectivity index (χ0v) is 11.5. The average molecular weight is 279 g/mol. The van der Waals surface area contributed by atoms with Crippen molar-refractivity contribution in [1.29, 1.82) is 0 Å². The molecule has 0 unspecified atom stereocenters. The minimum atomic E-state index is -3.11. The number of halogens is 2. The summed E-state index contributed by atoms with van der Waals surface area (Å²) in [4.78, 5) is 23.9. The molecule has 5 nitrogen and oxygen atoms in total. The topological polar surface area (TPSA) is 55.8 Å². The van der Waals surface area contributed by atoms with E-state index in [1.807, 2.05) is 0 Å². The van der Waals surface area contributed by atoms with Crippen molar-refractivity contribution in [3.63, 3.8) is 0 Å². The van der Waals surface area contributed by atoms with Crippen LogP contribution in [0.1, 0.15) is 33.6 Å². The Morgan fingerprint density at radius 3 is 2.42 bits per heavy atom. The molecule has 1 saturated heterocycles. The molecule has 0 N–H and O–H groups in total. The number of amides is 1. The van der Waals surface area contributed by atoms with Crippen LogP contribution in [0.4, 0.5) is 13.6 Å². The Hall–Kier alpha value is -1.40. The van der Waals surface area contributed by atoms with Gasteiger partial charge in [0.2, 0.25) is 0 Å². The summed E-state index contributed by atoms with van der Waals surface area (Å²) < 4.78 is 36.8. The lowest BCUT2D eigenvalue weighted by molar-refractivity contribution is -0.144. The van der Waals surface area contributed by atoms with E-state index >= 15 is 0 Å². The molecule has 0 aromatic rings. The third-order valence-corrected chi connectivity index (χ3v) is 2.77. The predicted octanol–water partition coefficient (Wildman–Crippen LogP) is 2.19. The number of esters is 1. The summed E-state index contributed by atoms with van der Waals surface area (Å²) in [6.07, 6.45) is -1.85. The largest absolute Gasteiger partial charge is 0.469 e. The number of hydrogen-bond acceptors (Lipinski definition) is 4. The van der Waals surface area contributed by atoms with Crippen molar-refractivity contribution >= 4 is 12.1 Å². The molecule has 1 aliphatic rings. The minimum Gasteiger partial charge on any atom is -0.469 e. The van der Waals surface area contributed by atoms with Crippen molar-refractivity contribution in [2.45, 2.75) is 51.2 Å². The van der Waals surface area contributed by atoms with E-state index in [4.69, 9.17) is 4.74 Å². The van der Waals surface area contributed by atoms with Crippen LogP contribution in [0.15, 0.2) is 0 Å². The molecule has 1 atom stereocenters. The number of carbonyl (C=O) groups is 2. The Labute approximate surface area is 110 Å². The third-order valence-electron chi connectivity index (χ3n) is 2.77. The van der Waals surface area contributed by atoms with Crippen LogP contribution in [0.3, 0.4) is 0 Å². The van der Waals surface area contributed by atoms with Crippen molar-refractivity contribution in [2.24, 2.45) is 0 Å². The number of ether oxygens (including phenoxy) is 2. The maximum atomic E-state index is 13.7. The first kappa shape index (κ1) is 15.7. The standard InChI is InChI=1S/C12H19F2NO4/c1-11(2,3)19-10(17)15-6-5-12(13,14)8(15)7-9(16)18-4/h8H,5-7H2,1-4H3/t8-/m0/s1. The van der Waals surface area contributed by atoms with E-state index < -0.39 is 42.5 Å². The molecule has 0 aromatic heterocycles. The molecule has 19 heavy (non-hydrogen) atoms. The SMILES string of the molecule is COC(=O)C[C@@H]1N(C(=O)OC(C)(C)C)CCC1(F)F. The summed E-state index contributed by atoms with van der Waals surface area (Å²) in [6.45, 7) is 4.81. The smallest absolute Gasteiger partial charge is 0.410 e. The second kappa shape index (κ2) is 5.30. The molecule has 0 aliphatic carbocycles. The van der Waals surface area contributed by atoms with Gasteiger partial charge in [-0.15, -0.1) is 0 Å². The van der Waals surface area contributed by atoms with Crippen molar-refractivity contribution < 1.29 is 27.8 Å². The van der Waals surface area contributed by atoms with Gasteiger partial charge in [-0.3, -0.25) is 9.69 Å². The van der Waals surface area contributed by atoms with Gasteiger partial charge in [-0.2, -0.15) is 0 Å². The number of nitrogens with zero attached hydrogens (tertiary/aromatic N) is 1. The van der Waals surface area contributed by atoms with Crippen LogP contribution in [-0.2, 0) is 14.3 Å². The molecule has 0 radical (unpaired) electrons. The first-order valence-electron chi connectivity index (χ1n) is 6.01. The Morgan fingerprint density at radius 2 is 1.95 bits per heavy atom. The fourth-order valence-electron chi connectivity index (χ4n) is 1.86. The average Bonchev–Trinajstić information content (AvgIpc) is 2.52. The zero-order chi connectivity index (χ0) is 14.8. The Balaban J connectivity index is 2.81. The van der Waals surface area contributed by atoms with E-state index in [0.717, 1.165) is 12.0 Å². The van der Waals surface area contributed by atoms with Gasteiger partial charge >= 0.3 is 12.1 Å². The number of methoxy groups -OCH3 is 1. The van der Waals surface area contributed by atoms with Gasteiger partial charge in [0.05, 0.1) is 13.5 Å². The van der Waals surface area contributed by atoms with Crippen molar-refractivity contribution in [2.75, 3.05) is 13.7 Å². The predicted molar refractivity (Wildman–Crippen MR) is 62.9 cm³/mol. The van der Waals surface area contributed by atoms with Gasteiger partial charge in [0.1, 0.15) is 11.6 Å². The van der Waals surface area contributed by atoms with Gasteiger partial charge in [-0.25, -0.2) is 13.6 Å². The molecule has 1 rings (SSSR count). The van der Waals surface area contributed by atoms with Crippen molar-refractivity contribution in [3.05, 3.63) is 0 Å². The monoisotopic (exact) mass is 279 g/mol. The molecule has 1 heterocycles. The molecule has 0 spiro atoms. The maximum absolute atomic E-state index is 13.7. The van der Waals surface area contributed by atoms with Crippen LogP contribution in [0.25, 0.3) is 0 Å². The minimum absolute atomic E-state index is 0.135. The summed E-state index contributed by atoms with van der Waals surface area (Å²) in [6, 6.07) is -1.50. The first-order valence-corrected chi connectivity index (χ1v) is 6.01. The molecule has 1 amide bonds. The van der Waals surface area contributed by atoms with Crippen LogP contribution in [0.2, 0.25) is 0 Å². The van der Waals surface area contributed by atoms with E-state index in [9.17, 15) is 18.4 Å². The highest BCUT2D eigenvalue weighted by Gasteiger charge is 2.52. The zero-order valence-electron chi connectivity index (χ0n) is 11.5. The van der Waals surface area contributed by atoms with E-state index in [0.29, 0.717) is 0 Å². The first-order chi connectivity index (χ1) is 8.57. The summed E-state index contributed by atoms with van der Waals surface area (Å²) in [5, 5.41) is 0. The number of alkyl halides is 2. The van der Waals surface area contributed by atoms with Crippen LogP contribution in [0, 0.1) is 0 Å². The van der Waals surface area contributed by atoms with Gasteiger partial charge in [0, 0.05) is 13.0 Å². The molecule has 1 fully saturated rings. The van der Waals surface area contributed by atoms with Crippen LogP contribution >= 0.6 is 0 Å². The second-order valence-electron chi connectivity index (χ2n) is 5.48. The molecular weight excluding hydrogens is 260 g/mol. The number of carbonyl (C=O) groups excluding carboxylic acids is 2. The van der Waals surface area contributed by atoms with Crippen molar-refractivity contribution in [1.82, 2.24) is 4.90 Å². The Kier molecular flexibility index (Phi) is 4.37. The fourth-order valence-corrected chi connectivity index (χ4v) is 1.86. The molecule has 7 heteroatoms. The Morgan fingerprint density at radius 1 is 1.37 bits per heavy atom. The highest BCUT2D eigenvalue weighted by atomic mass is 19.3. The van der Waals surface area contributed by atoms with Gasteiger partial charge in [-0.05, 0) is 20.8 Å². The molecule has 0 saturated carbocycles. The quantitative estimate of drug-likeness (QED) is 0.727. The molecule has 0 bridgehead atoms. The number of likely N-dealkylation sites (tertiary alicyclic amines) is 1. The van der Waals surface area contributed by atoms with Crippen LogP contribution < -0.4 is 0 Å². The molecule has 0 aromatic carbocycles. The lowest BCUT2D eigenvalue weighted by atomic mass is 10.1. The van der Waals surface area contributed by atoms with Crippen molar-refractivity contribution in [3.8, 4) is 0 Å². The molecular formula is C12H19F2NO4. The van der Waals surface area contributed by atoms with Crippen LogP contribution in [-0.4, -0.2) is 48.2 Å². The van der Waals surface area contributed by atoms with Gasteiger partial charge in [0.25, 0.3) is 5.92 Å². The number of hydrogen-bond donors (Lipinski definition) is 0. The lowest BCUT2D eigenvalue weighted by Gasteiger charge is -2.29. The highest BCUT2D eigenvalue weighted by Crippen LogP contribution is 2.36. The summed E-state index contributed by atoms with van der Waals surface area (Å²) in [5.41, 5.74) is -0.773. The van der Waals surface area contributed by atoms with E-state index in [1.165, 1.54) is 0 Å². The number of rotatable bonds is 2. The summed E-state index contributed by atoms with van der Waals surface area (Å²) >= 11 is 0. The van der Waals surface area contributed by atoms with E-state index in [-0.39, 0.29) is 6.54 Å². The van der Waals surface area contributed by atoms with Gasteiger partial charge in [-0.1, -0.05) is 0 Å². The Bertz CT molecular complexity index is 365. The fraction of sp³-hybridized carbons (Fsp3) is 0.833. The van der Waals surface area contributed by atoms with E-state index in [1.54, 1.807) is 20.8 Å². The van der Waals surface area contributed by atoms with Gasteiger partial charge < -0.3 is 9.47 Å². The lowest BCUT2D eigenvalue weighted by Crippen LogP contribution is -2.45. The summed E-state index contributed by atoms with van der Waals surface area (Å²) in [7, 11) is 1.12. The third kappa shape index (κ3) is 4.04. The van der Waals surface area contributed by atoms with E-state index in [2.05, 4.69) is 4.74 Å². The highest BCUT2D eigenvalue weighted by molar-refractivity contribution is 5.73. The maximum Gasteiger partial charge on any atom is 0.410 e. The second-order valence-corrected chi connectivity index (χ2v) is 5.48. The van der Waals surface area contributed by atoms with Crippen LogP contribution in [0.5, 0.6) is 0 Å².